The number of esters is 2. The topological polar surface area (TPSA) is 180 Å². The lowest BCUT2D eigenvalue weighted by Gasteiger charge is -2.66. The highest BCUT2D eigenvalue weighted by atomic mass is 32.1. The molecule has 1 saturated heterocycles. The van der Waals surface area contributed by atoms with Crippen molar-refractivity contribution in [1.29, 1.82) is 0 Å². The fraction of sp³-hybridized carbons (Fsp3) is 0.571. The van der Waals surface area contributed by atoms with E-state index in [1.165, 1.54) is 24.3 Å². The van der Waals surface area contributed by atoms with Crippen LogP contribution in [0.1, 0.15) is 69.3 Å². The van der Waals surface area contributed by atoms with Crippen molar-refractivity contribution in [3.05, 3.63) is 69.4 Å². The fourth-order valence-electron chi connectivity index (χ4n) is 8.54. The van der Waals surface area contributed by atoms with Crippen molar-refractivity contribution in [2.45, 2.75) is 101 Å². The highest BCUT2D eigenvalue weighted by Crippen LogP contribution is 2.63. The molecular weight excluding hydrogens is 628 g/mol. The standard InChI is InChI=1S/C35H42O11S/c1-17(19-9-7-6-8-10-19)25(37)31(41)45-21-14-35(43)29(46-30(40)20-11-12-47-15-20)27-33(5,22(36)13-23-34(27,42)16-44-23)28(39)26(38)24(18(21)2)32(35,3)4/h6-12,15,17,21-23,25-27,29,36-38,42-43H,13-14,16H2,1-5H3/t17-,21?,22?,23?,25?,26?,27?,29?,33+,34?,35?/m0/s1. The molecule has 0 radical (unpaired) electrons. The Bertz CT molecular complexity index is 1590. The summed E-state index contributed by atoms with van der Waals surface area (Å²) in [4.78, 5) is 41.6. The van der Waals surface area contributed by atoms with Crippen LogP contribution in [0.2, 0.25) is 0 Å². The van der Waals surface area contributed by atoms with Gasteiger partial charge in [0, 0.05) is 35.5 Å². The molecule has 0 amide bonds. The number of thiophene rings is 1. The first-order valence-electron chi connectivity index (χ1n) is 15.8. The molecule has 1 aromatic carbocycles. The lowest BCUT2D eigenvalue weighted by Crippen LogP contribution is -2.81. The highest BCUT2D eigenvalue weighted by molar-refractivity contribution is 7.08. The number of carbonyl (C=O) groups excluding carboxylic acids is 3. The van der Waals surface area contributed by atoms with Gasteiger partial charge in [0.2, 0.25) is 0 Å². The first kappa shape index (κ1) is 33.9. The monoisotopic (exact) mass is 670 g/mol. The molecule has 2 bridgehead atoms. The zero-order valence-electron chi connectivity index (χ0n) is 27.0. The van der Waals surface area contributed by atoms with Crippen molar-refractivity contribution in [1.82, 2.24) is 0 Å². The molecule has 3 fully saturated rings. The van der Waals surface area contributed by atoms with Crippen LogP contribution in [0.15, 0.2) is 58.3 Å². The summed E-state index contributed by atoms with van der Waals surface area (Å²) in [5.41, 5.74) is -6.19. The summed E-state index contributed by atoms with van der Waals surface area (Å²) < 4.78 is 17.6. The van der Waals surface area contributed by atoms with Gasteiger partial charge in [-0.3, -0.25) is 4.79 Å². The number of fused-ring (bicyclic) bond motifs is 5. The molecule has 1 aromatic heterocycles. The fourth-order valence-corrected chi connectivity index (χ4v) is 9.16. The average Bonchev–Trinajstić information content (AvgIpc) is 3.58. The molecule has 2 heterocycles. The number of benzene rings is 1. The van der Waals surface area contributed by atoms with E-state index in [0.29, 0.717) is 5.56 Å². The largest absolute Gasteiger partial charge is 0.456 e. The number of aliphatic hydroxyl groups is 5. The smallest absolute Gasteiger partial charge is 0.339 e. The van der Waals surface area contributed by atoms with Crippen molar-refractivity contribution in [2.24, 2.45) is 16.7 Å². The van der Waals surface area contributed by atoms with Gasteiger partial charge in [0.05, 0.1) is 29.8 Å². The number of ether oxygens (including phenoxy) is 3. The minimum absolute atomic E-state index is 0.0436. The van der Waals surface area contributed by atoms with Crippen molar-refractivity contribution < 1.29 is 54.1 Å². The van der Waals surface area contributed by atoms with Gasteiger partial charge in [-0.1, -0.05) is 51.1 Å². The van der Waals surface area contributed by atoms with Crippen molar-refractivity contribution in [3.63, 3.8) is 0 Å². The van der Waals surface area contributed by atoms with Crippen LogP contribution >= 0.6 is 11.3 Å². The van der Waals surface area contributed by atoms with Gasteiger partial charge < -0.3 is 39.7 Å². The summed E-state index contributed by atoms with van der Waals surface area (Å²) in [5, 5.41) is 62.8. The zero-order valence-corrected chi connectivity index (χ0v) is 27.8. The Labute approximate surface area is 276 Å². The molecule has 0 spiro atoms. The maximum atomic E-state index is 14.5. The third-order valence-electron chi connectivity index (χ3n) is 11.7. The second kappa shape index (κ2) is 11.6. The number of Topliss-reactive ketones (excluding diaryl/α,β-unsaturated/α-hetero) is 1. The predicted octanol–water partition coefficient (Wildman–Crippen LogP) is 2.29. The van der Waals surface area contributed by atoms with Gasteiger partial charge in [-0.25, -0.2) is 9.59 Å². The molecule has 11 nitrogen and oxygen atoms in total. The highest BCUT2D eigenvalue weighted by Gasteiger charge is 2.76. The molecule has 254 valence electrons. The molecule has 4 aliphatic rings. The molecular formula is C35H42O11S. The predicted molar refractivity (Wildman–Crippen MR) is 168 cm³/mol. The normalized spacial score (nSPS) is 38.9. The number of hydrogen-bond acceptors (Lipinski definition) is 12. The van der Waals surface area contributed by atoms with E-state index in [-0.39, 0.29) is 36.2 Å². The van der Waals surface area contributed by atoms with Crippen LogP contribution in [0.4, 0.5) is 0 Å². The van der Waals surface area contributed by atoms with Crippen LogP contribution in [0.5, 0.6) is 0 Å². The Morgan fingerprint density at radius 3 is 2.34 bits per heavy atom. The van der Waals surface area contributed by atoms with Gasteiger partial charge in [-0.2, -0.15) is 11.3 Å². The number of aliphatic hydroxyl groups excluding tert-OH is 3. The van der Waals surface area contributed by atoms with Gasteiger partial charge >= 0.3 is 11.9 Å². The van der Waals surface area contributed by atoms with Crippen LogP contribution in [0.25, 0.3) is 0 Å². The van der Waals surface area contributed by atoms with E-state index in [2.05, 4.69) is 0 Å². The van der Waals surface area contributed by atoms with E-state index >= 15 is 0 Å². The molecule has 2 aromatic rings. The summed E-state index contributed by atoms with van der Waals surface area (Å²) in [7, 11) is 0. The second-order valence-electron chi connectivity index (χ2n) is 14.3. The Morgan fingerprint density at radius 2 is 1.74 bits per heavy atom. The molecule has 2 saturated carbocycles. The van der Waals surface area contributed by atoms with E-state index < -0.39 is 88.2 Å². The van der Waals surface area contributed by atoms with Gasteiger partial charge in [0.1, 0.15) is 29.5 Å². The summed E-state index contributed by atoms with van der Waals surface area (Å²) in [6.45, 7) is 7.59. The van der Waals surface area contributed by atoms with E-state index in [0.717, 1.165) is 0 Å². The minimum atomic E-state index is -2.19. The zero-order chi connectivity index (χ0) is 34.3. The third kappa shape index (κ3) is 4.86. The number of ketones is 1. The summed E-state index contributed by atoms with van der Waals surface area (Å²) in [6.07, 6.45) is -9.26. The maximum Gasteiger partial charge on any atom is 0.339 e. The van der Waals surface area contributed by atoms with Crippen molar-refractivity contribution in [2.75, 3.05) is 6.61 Å². The Hall–Kier alpha value is -2.97. The SMILES string of the molecule is CC1=C2C(O)C(=O)[C@]3(C)C(O)CC4OCC4(O)C3C(OC(=O)c3ccsc3)C(O)(CC1OC(=O)C(O)[C@@H](C)c1ccccc1)C2(C)C. The number of rotatable bonds is 6. The maximum absolute atomic E-state index is 14.5. The third-order valence-corrected chi connectivity index (χ3v) is 12.3. The van der Waals surface area contributed by atoms with Crippen molar-refractivity contribution >= 4 is 29.1 Å². The average molecular weight is 671 g/mol. The molecule has 6 rings (SSSR count). The quantitative estimate of drug-likeness (QED) is 0.225. The number of carbonyl (C=O) groups is 3. The van der Waals surface area contributed by atoms with Crippen LogP contribution < -0.4 is 0 Å². The lowest BCUT2D eigenvalue weighted by atomic mass is 9.44. The number of hydrogen-bond donors (Lipinski definition) is 5. The van der Waals surface area contributed by atoms with Gasteiger partial charge in [0.25, 0.3) is 0 Å². The minimum Gasteiger partial charge on any atom is -0.456 e. The molecule has 3 aliphatic carbocycles. The summed E-state index contributed by atoms with van der Waals surface area (Å²) in [5.74, 6) is -4.73. The molecule has 12 heteroatoms. The van der Waals surface area contributed by atoms with Gasteiger partial charge in [-0.05, 0) is 42.0 Å². The molecule has 47 heavy (non-hydrogen) atoms. The molecule has 9 unspecified atom stereocenters. The Morgan fingerprint density at radius 1 is 1.06 bits per heavy atom. The molecule has 11 atom stereocenters. The van der Waals surface area contributed by atoms with Crippen molar-refractivity contribution in [3.8, 4) is 0 Å². The first-order chi connectivity index (χ1) is 22.0. The van der Waals surface area contributed by atoms with Gasteiger partial charge in [0.15, 0.2) is 11.9 Å². The van der Waals surface area contributed by atoms with Crippen LogP contribution in [-0.2, 0) is 23.8 Å². The van der Waals surface area contributed by atoms with E-state index in [1.807, 2.05) is 6.07 Å². The Balaban J connectivity index is 1.49. The second-order valence-corrected chi connectivity index (χ2v) is 15.1. The lowest BCUT2D eigenvalue weighted by molar-refractivity contribution is -0.343. The van der Waals surface area contributed by atoms with Gasteiger partial charge in [-0.15, -0.1) is 0 Å². The van der Waals surface area contributed by atoms with E-state index in [1.54, 1.807) is 62.7 Å². The summed E-state index contributed by atoms with van der Waals surface area (Å²) >= 11 is 1.25. The Kier molecular flexibility index (Phi) is 8.35. The first-order valence-corrected chi connectivity index (χ1v) is 16.8. The van der Waals surface area contributed by atoms with Crippen LogP contribution in [0, 0.1) is 16.7 Å². The molecule has 5 N–H and O–H groups in total. The van der Waals surface area contributed by atoms with E-state index in [4.69, 9.17) is 14.2 Å². The van der Waals surface area contributed by atoms with E-state index in [9.17, 15) is 39.9 Å². The van der Waals surface area contributed by atoms with Crippen LogP contribution in [-0.4, -0.2) is 97.7 Å². The summed E-state index contributed by atoms with van der Waals surface area (Å²) in [6, 6.07) is 10.4. The molecule has 1 aliphatic heterocycles. The van der Waals surface area contributed by atoms with Crippen LogP contribution in [0.3, 0.4) is 0 Å².